The highest BCUT2D eigenvalue weighted by Gasteiger charge is 2.37. The van der Waals surface area contributed by atoms with Gasteiger partial charge in [-0.2, -0.15) is 0 Å². The van der Waals surface area contributed by atoms with E-state index in [1.165, 1.54) is 0 Å². The number of nitrogens with one attached hydrogen (secondary N) is 1. The SMILES string of the molecule is COC[C@H]1CC[C@H](COC)N1C(=O)c1ccc(-c2cccc(COc3ccc(Cn4oc(=O)[nH]c4=O)cc3)c2)c(C)c1. The molecule has 3 aromatic carbocycles. The second kappa shape index (κ2) is 13.1. The Labute approximate surface area is 243 Å². The number of likely N-dealkylation sites (tertiary alicyclic amines) is 1. The van der Waals surface area contributed by atoms with E-state index < -0.39 is 11.4 Å². The number of benzene rings is 3. The second-order valence-electron chi connectivity index (χ2n) is 10.5. The van der Waals surface area contributed by atoms with Crippen molar-refractivity contribution in [2.45, 2.75) is 45.0 Å². The van der Waals surface area contributed by atoms with Crippen molar-refractivity contribution in [1.82, 2.24) is 14.6 Å². The molecule has 42 heavy (non-hydrogen) atoms. The third-order valence-corrected chi connectivity index (χ3v) is 7.57. The maximum Gasteiger partial charge on any atom is 0.440 e. The number of nitrogens with zero attached hydrogens (tertiary/aromatic N) is 2. The summed E-state index contributed by atoms with van der Waals surface area (Å²) in [4.78, 5) is 40.4. The van der Waals surface area contributed by atoms with Gasteiger partial charge in [-0.3, -0.25) is 4.79 Å². The van der Waals surface area contributed by atoms with Crippen LogP contribution in [0.1, 0.15) is 39.9 Å². The van der Waals surface area contributed by atoms with E-state index in [4.69, 9.17) is 18.7 Å². The number of aromatic amines is 1. The Morgan fingerprint density at radius 2 is 1.64 bits per heavy atom. The predicted molar refractivity (Wildman–Crippen MR) is 157 cm³/mol. The number of aryl methyl sites for hydroxylation is 1. The van der Waals surface area contributed by atoms with Gasteiger partial charge in [0.05, 0.1) is 31.8 Å². The molecule has 1 aliphatic rings. The lowest BCUT2D eigenvalue weighted by atomic mass is 9.96. The standard InChI is InChI=1S/C32H35N3O7/c1-21-15-25(30(36)35-26(19-39-2)10-11-27(35)20-40-3)9-14-29(21)24-6-4-5-23(16-24)18-41-28-12-7-22(8-13-28)17-34-31(37)33-32(38)42-34/h4-9,12-16,26-27H,10-11,17-20H2,1-3H3,(H,33,37,38)/t26-,27-/m1/s1. The molecule has 1 N–H and O–H groups in total. The third-order valence-electron chi connectivity index (χ3n) is 7.57. The Morgan fingerprint density at radius 3 is 2.26 bits per heavy atom. The second-order valence-corrected chi connectivity index (χ2v) is 10.5. The lowest BCUT2D eigenvalue weighted by Gasteiger charge is -2.30. The molecule has 220 valence electrons. The fourth-order valence-electron chi connectivity index (χ4n) is 5.54. The van der Waals surface area contributed by atoms with E-state index >= 15 is 0 Å². The number of amides is 1. The van der Waals surface area contributed by atoms with E-state index in [9.17, 15) is 14.4 Å². The number of methoxy groups -OCH3 is 2. The van der Waals surface area contributed by atoms with Gasteiger partial charge in [0.2, 0.25) is 0 Å². The summed E-state index contributed by atoms with van der Waals surface area (Å²) in [5, 5.41) is 0. The highest BCUT2D eigenvalue weighted by atomic mass is 16.5. The van der Waals surface area contributed by atoms with Crippen molar-refractivity contribution in [2.24, 2.45) is 0 Å². The summed E-state index contributed by atoms with van der Waals surface area (Å²) in [6.45, 7) is 3.55. The molecule has 1 fully saturated rings. The van der Waals surface area contributed by atoms with Crippen LogP contribution < -0.4 is 16.2 Å². The maximum atomic E-state index is 13.6. The first-order chi connectivity index (χ1) is 20.4. The number of carbonyl (C=O) groups is 1. The van der Waals surface area contributed by atoms with Gasteiger partial charge in [-0.25, -0.2) is 14.6 Å². The first-order valence-corrected chi connectivity index (χ1v) is 13.9. The van der Waals surface area contributed by atoms with E-state index in [2.05, 4.69) is 11.1 Å². The molecule has 2 heterocycles. The number of carbonyl (C=O) groups excluding carboxylic acids is 1. The zero-order chi connectivity index (χ0) is 29.6. The fourth-order valence-corrected chi connectivity index (χ4v) is 5.54. The van der Waals surface area contributed by atoms with Gasteiger partial charge in [0, 0.05) is 19.8 Å². The molecule has 1 amide bonds. The summed E-state index contributed by atoms with van der Waals surface area (Å²) in [6, 6.07) is 21.3. The van der Waals surface area contributed by atoms with Crippen LogP contribution in [0, 0.1) is 6.92 Å². The van der Waals surface area contributed by atoms with Crippen molar-refractivity contribution in [3.8, 4) is 16.9 Å². The van der Waals surface area contributed by atoms with E-state index in [-0.39, 0.29) is 24.5 Å². The molecule has 5 rings (SSSR count). The Morgan fingerprint density at radius 1 is 0.929 bits per heavy atom. The topological polar surface area (TPSA) is 116 Å². The number of hydrogen-bond donors (Lipinski definition) is 1. The number of ether oxygens (including phenoxy) is 3. The molecular formula is C32H35N3O7. The summed E-state index contributed by atoms with van der Waals surface area (Å²) in [6.07, 6.45) is 1.80. The summed E-state index contributed by atoms with van der Waals surface area (Å²) < 4.78 is 22.6. The molecule has 1 saturated heterocycles. The van der Waals surface area contributed by atoms with Crippen LogP contribution in [0.2, 0.25) is 0 Å². The van der Waals surface area contributed by atoms with Gasteiger partial charge in [0.15, 0.2) is 0 Å². The van der Waals surface area contributed by atoms with Crippen molar-refractivity contribution in [3.63, 3.8) is 0 Å². The van der Waals surface area contributed by atoms with Crippen LogP contribution in [0.4, 0.5) is 0 Å². The monoisotopic (exact) mass is 573 g/mol. The Hall–Kier alpha value is -4.41. The van der Waals surface area contributed by atoms with Crippen LogP contribution in [0.25, 0.3) is 11.1 Å². The maximum absolute atomic E-state index is 13.6. The number of hydrogen-bond acceptors (Lipinski definition) is 7. The average molecular weight is 574 g/mol. The molecule has 10 heteroatoms. The molecule has 0 spiro atoms. The van der Waals surface area contributed by atoms with Gasteiger partial charge >= 0.3 is 11.4 Å². The minimum absolute atomic E-state index is 0.00382. The summed E-state index contributed by atoms with van der Waals surface area (Å²) in [7, 11) is 3.33. The molecule has 1 aliphatic heterocycles. The van der Waals surface area contributed by atoms with Gasteiger partial charge in [-0.15, -0.1) is 4.74 Å². The molecule has 10 nitrogen and oxygen atoms in total. The Balaban J connectivity index is 1.25. The van der Waals surface area contributed by atoms with Crippen LogP contribution in [0.3, 0.4) is 0 Å². The van der Waals surface area contributed by atoms with Crippen molar-refractivity contribution < 1.29 is 23.5 Å². The van der Waals surface area contributed by atoms with Crippen molar-refractivity contribution >= 4 is 5.91 Å². The third kappa shape index (κ3) is 6.56. The minimum atomic E-state index is -0.781. The van der Waals surface area contributed by atoms with Gasteiger partial charge in [0.25, 0.3) is 5.91 Å². The molecule has 0 bridgehead atoms. The molecular weight excluding hydrogens is 538 g/mol. The van der Waals surface area contributed by atoms with Crippen LogP contribution in [-0.2, 0) is 22.6 Å². The van der Waals surface area contributed by atoms with E-state index in [0.29, 0.717) is 31.1 Å². The van der Waals surface area contributed by atoms with Gasteiger partial charge in [-0.05, 0) is 77.9 Å². The minimum Gasteiger partial charge on any atom is -0.489 e. The van der Waals surface area contributed by atoms with E-state index in [0.717, 1.165) is 45.4 Å². The molecule has 0 aliphatic carbocycles. The van der Waals surface area contributed by atoms with Gasteiger partial charge < -0.3 is 23.6 Å². The fraction of sp³-hybridized carbons (Fsp3) is 0.344. The zero-order valence-electron chi connectivity index (χ0n) is 24.0. The molecule has 4 aromatic rings. The van der Waals surface area contributed by atoms with Crippen LogP contribution in [-0.4, -0.2) is 60.0 Å². The largest absolute Gasteiger partial charge is 0.489 e. The van der Waals surface area contributed by atoms with Crippen LogP contribution in [0.5, 0.6) is 5.75 Å². The van der Waals surface area contributed by atoms with Crippen molar-refractivity contribution in [2.75, 3.05) is 27.4 Å². The van der Waals surface area contributed by atoms with Crippen molar-refractivity contribution in [3.05, 3.63) is 110 Å². The molecule has 2 atom stereocenters. The van der Waals surface area contributed by atoms with E-state index in [1.807, 2.05) is 72.5 Å². The number of rotatable bonds is 11. The molecule has 0 unspecified atom stereocenters. The first-order valence-electron chi connectivity index (χ1n) is 13.9. The predicted octanol–water partition coefficient (Wildman–Crippen LogP) is 4.00. The van der Waals surface area contributed by atoms with Crippen molar-refractivity contribution in [1.29, 1.82) is 0 Å². The van der Waals surface area contributed by atoms with Crippen LogP contribution in [0.15, 0.2) is 80.8 Å². The summed E-state index contributed by atoms with van der Waals surface area (Å²) in [5.74, 6) is -0.105. The smallest absolute Gasteiger partial charge is 0.440 e. The first kappa shape index (κ1) is 29.1. The number of H-pyrrole nitrogens is 1. The highest BCUT2D eigenvalue weighted by Crippen LogP contribution is 2.30. The lowest BCUT2D eigenvalue weighted by molar-refractivity contribution is 0.0420. The quantitative estimate of drug-likeness (QED) is 0.288. The number of aromatic nitrogens is 2. The zero-order valence-corrected chi connectivity index (χ0v) is 24.0. The highest BCUT2D eigenvalue weighted by molar-refractivity contribution is 5.96. The summed E-state index contributed by atoms with van der Waals surface area (Å²) in [5.41, 5.74) is 4.96. The Bertz CT molecular complexity index is 1620. The molecule has 1 aromatic heterocycles. The molecule has 0 radical (unpaired) electrons. The van der Waals surface area contributed by atoms with E-state index in [1.54, 1.807) is 14.2 Å². The normalized spacial score (nSPS) is 16.6. The van der Waals surface area contributed by atoms with Gasteiger partial charge in [-0.1, -0.05) is 36.4 Å². The average Bonchev–Trinajstić information content (AvgIpc) is 3.53. The van der Waals surface area contributed by atoms with Crippen LogP contribution >= 0.6 is 0 Å². The van der Waals surface area contributed by atoms with Gasteiger partial charge in [0.1, 0.15) is 12.4 Å². The Kier molecular flexibility index (Phi) is 9.04. The lowest BCUT2D eigenvalue weighted by Crippen LogP contribution is -2.44. The summed E-state index contributed by atoms with van der Waals surface area (Å²) >= 11 is 0. The molecule has 0 saturated carbocycles.